The lowest BCUT2D eigenvalue weighted by Crippen LogP contribution is -2.20. The second kappa shape index (κ2) is 3.74. The molecule has 0 bridgehead atoms. The molecular weight excluding hydrogens is 162 g/mol. The number of nitrogens with one attached hydrogen (secondary N) is 1. The van der Waals surface area contributed by atoms with Crippen molar-refractivity contribution in [1.29, 1.82) is 0 Å². The summed E-state index contributed by atoms with van der Waals surface area (Å²) in [6.07, 6.45) is 3.47. The Morgan fingerprint density at radius 3 is 3.00 bits per heavy atom. The minimum absolute atomic E-state index is 0.354. The van der Waals surface area contributed by atoms with Crippen LogP contribution in [-0.4, -0.2) is 23.4 Å². The quantitative estimate of drug-likeness (QED) is 0.747. The first kappa shape index (κ1) is 8.56. The van der Waals surface area contributed by atoms with Crippen molar-refractivity contribution in [1.82, 2.24) is 15.1 Å². The first-order valence-corrected chi connectivity index (χ1v) is 3.96. The number of hydrogen-bond acceptors (Lipinski definition) is 2. The summed E-state index contributed by atoms with van der Waals surface area (Å²) in [4.78, 5) is 0. The van der Waals surface area contributed by atoms with E-state index in [1.54, 1.807) is 6.20 Å². The van der Waals surface area contributed by atoms with Crippen LogP contribution in [0.15, 0.2) is 12.4 Å². The molecule has 0 amide bonds. The third-order valence-corrected chi connectivity index (χ3v) is 1.72. The van der Waals surface area contributed by atoms with Crippen LogP contribution in [0.25, 0.3) is 0 Å². The van der Waals surface area contributed by atoms with E-state index in [1.807, 2.05) is 17.9 Å². The molecule has 1 heterocycles. The van der Waals surface area contributed by atoms with Gasteiger partial charge in [-0.3, -0.25) is 4.68 Å². The predicted molar refractivity (Wildman–Crippen MR) is 45.9 cm³/mol. The predicted octanol–water partition coefficient (Wildman–Crippen LogP) is 1.32. The molecule has 0 aliphatic carbocycles. The molecule has 0 aliphatic rings. The zero-order valence-corrected chi connectivity index (χ0v) is 7.47. The van der Waals surface area contributed by atoms with E-state index in [0.717, 1.165) is 6.54 Å². The molecule has 0 aromatic carbocycles. The molecule has 0 spiro atoms. The molecule has 0 aliphatic heterocycles. The summed E-state index contributed by atoms with van der Waals surface area (Å²) in [5.41, 5.74) is 0. The Balaban J connectivity index is 2.60. The molecule has 0 saturated carbocycles. The molecular formula is C7H12ClN3. The highest BCUT2D eigenvalue weighted by Crippen LogP contribution is 2.09. The number of aromatic nitrogens is 2. The van der Waals surface area contributed by atoms with Crippen molar-refractivity contribution in [3.8, 4) is 0 Å². The Bertz CT molecular complexity index is 221. The summed E-state index contributed by atoms with van der Waals surface area (Å²) < 4.78 is 1.85. The molecule has 0 fully saturated rings. The molecule has 1 N–H and O–H groups in total. The molecule has 1 aromatic heterocycles. The van der Waals surface area contributed by atoms with Gasteiger partial charge in [-0.05, 0) is 14.0 Å². The molecule has 4 heteroatoms. The van der Waals surface area contributed by atoms with Gasteiger partial charge in [0.15, 0.2) is 0 Å². The highest BCUT2D eigenvalue weighted by molar-refractivity contribution is 6.30. The van der Waals surface area contributed by atoms with Gasteiger partial charge in [0.1, 0.15) is 0 Å². The maximum Gasteiger partial charge on any atom is 0.0785 e. The van der Waals surface area contributed by atoms with Gasteiger partial charge in [-0.1, -0.05) is 11.6 Å². The van der Waals surface area contributed by atoms with Crippen LogP contribution >= 0.6 is 11.6 Å². The maximum atomic E-state index is 5.70. The van der Waals surface area contributed by atoms with Crippen LogP contribution in [0.4, 0.5) is 0 Å². The number of nitrogens with zero attached hydrogens (tertiary/aromatic N) is 2. The van der Waals surface area contributed by atoms with Crippen molar-refractivity contribution >= 4 is 11.6 Å². The topological polar surface area (TPSA) is 29.9 Å². The molecule has 62 valence electrons. The smallest absolute Gasteiger partial charge is 0.0785 e. The average molecular weight is 174 g/mol. The Hall–Kier alpha value is -0.540. The highest BCUT2D eigenvalue weighted by atomic mass is 35.5. The van der Waals surface area contributed by atoms with Crippen molar-refractivity contribution in [2.45, 2.75) is 13.0 Å². The van der Waals surface area contributed by atoms with Crippen LogP contribution in [0.3, 0.4) is 0 Å². The largest absolute Gasteiger partial charge is 0.318 e. The SMILES string of the molecule is CNCC(C)n1cc(Cl)cn1. The number of rotatable bonds is 3. The fourth-order valence-electron chi connectivity index (χ4n) is 0.945. The molecule has 0 radical (unpaired) electrons. The van der Waals surface area contributed by atoms with Gasteiger partial charge in [-0.2, -0.15) is 5.10 Å². The molecule has 11 heavy (non-hydrogen) atoms. The van der Waals surface area contributed by atoms with E-state index in [-0.39, 0.29) is 0 Å². The van der Waals surface area contributed by atoms with E-state index in [9.17, 15) is 0 Å². The zero-order chi connectivity index (χ0) is 8.27. The minimum atomic E-state index is 0.354. The van der Waals surface area contributed by atoms with Gasteiger partial charge in [0, 0.05) is 12.7 Å². The standard InChI is InChI=1S/C7H12ClN3/c1-6(3-9-2)11-5-7(8)4-10-11/h4-6,9H,3H2,1-2H3. The number of hydrogen-bond donors (Lipinski definition) is 1. The summed E-state index contributed by atoms with van der Waals surface area (Å²) in [6, 6.07) is 0.354. The van der Waals surface area contributed by atoms with Crippen molar-refractivity contribution in [2.24, 2.45) is 0 Å². The maximum absolute atomic E-state index is 5.70. The summed E-state index contributed by atoms with van der Waals surface area (Å²) in [7, 11) is 1.92. The molecule has 1 unspecified atom stereocenters. The van der Waals surface area contributed by atoms with E-state index in [4.69, 9.17) is 11.6 Å². The van der Waals surface area contributed by atoms with E-state index < -0.39 is 0 Å². The number of likely N-dealkylation sites (N-methyl/N-ethyl adjacent to an activating group) is 1. The van der Waals surface area contributed by atoms with Gasteiger partial charge < -0.3 is 5.32 Å². The molecule has 3 nitrogen and oxygen atoms in total. The van der Waals surface area contributed by atoms with E-state index in [2.05, 4.69) is 17.3 Å². The van der Waals surface area contributed by atoms with Crippen LogP contribution in [0.2, 0.25) is 5.02 Å². The monoisotopic (exact) mass is 173 g/mol. The molecule has 1 aromatic rings. The fraction of sp³-hybridized carbons (Fsp3) is 0.571. The Morgan fingerprint density at radius 2 is 2.55 bits per heavy atom. The summed E-state index contributed by atoms with van der Waals surface area (Å²) >= 11 is 5.70. The summed E-state index contributed by atoms with van der Waals surface area (Å²) in [5, 5.41) is 7.84. The van der Waals surface area contributed by atoms with Crippen LogP contribution in [0.1, 0.15) is 13.0 Å². The first-order valence-electron chi connectivity index (χ1n) is 3.58. The lowest BCUT2D eigenvalue weighted by Gasteiger charge is -2.10. The Kier molecular flexibility index (Phi) is 2.91. The van der Waals surface area contributed by atoms with Gasteiger partial charge in [0.2, 0.25) is 0 Å². The third kappa shape index (κ3) is 2.20. The van der Waals surface area contributed by atoms with Crippen LogP contribution in [0, 0.1) is 0 Å². The molecule has 0 saturated heterocycles. The summed E-state index contributed by atoms with van der Waals surface area (Å²) in [5.74, 6) is 0. The van der Waals surface area contributed by atoms with Crippen molar-refractivity contribution in [2.75, 3.05) is 13.6 Å². The van der Waals surface area contributed by atoms with Gasteiger partial charge >= 0.3 is 0 Å². The van der Waals surface area contributed by atoms with Crippen molar-refractivity contribution in [3.63, 3.8) is 0 Å². The fourth-order valence-corrected chi connectivity index (χ4v) is 1.09. The van der Waals surface area contributed by atoms with Crippen LogP contribution < -0.4 is 5.32 Å². The normalized spacial score (nSPS) is 13.4. The van der Waals surface area contributed by atoms with Crippen LogP contribution in [0.5, 0.6) is 0 Å². The average Bonchev–Trinajstić information content (AvgIpc) is 2.36. The zero-order valence-electron chi connectivity index (χ0n) is 6.71. The van der Waals surface area contributed by atoms with Gasteiger partial charge in [0.05, 0.1) is 17.3 Å². The van der Waals surface area contributed by atoms with Crippen molar-refractivity contribution < 1.29 is 0 Å². The van der Waals surface area contributed by atoms with Crippen molar-refractivity contribution in [3.05, 3.63) is 17.4 Å². The van der Waals surface area contributed by atoms with Gasteiger partial charge in [0.25, 0.3) is 0 Å². The van der Waals surface area contributed by atoms with Gasteiger partial charge in [-0.15, -0.1) is 0 Å². The molecule has 1 atom stereocenters. The first-order chi connectivity index (χ1) is 5.24. The lowest BCUT2D eigenvalue weighted by atomic mass is 10.3. The minimum Gasteiger partial charge on any atom is -0.318 e. The molecule has 1 rings (SSSR count). The Labute approximate surface area is 71.4 Å². The van der Waals surface area contributed by atoms with E-state index >= 15 is 0 Å². The Morgan fingerprint density at radius 1 is 1.82 bits per heavy atom. The van der Waals surface area contributed by atoms with E-state index in [1.165, 1.54) is 0 Å². The van der Waals surface area contributed by atoms with Gasteiger partial charge in [-0.25, -0.2) is 0 Å². The second-order valence-electron chi connectivity index (χ2n) is 2.55. The highest BCUT2D eigenvalue weighted by Gasteiger charge is 2.03. The summed E-state index contributed by atoms with van der Waals surface area (Å²) in [6.45, 7) is 2.98. The second-order valence-corrected chi connectivity index (χ2v) is 2.98. The third-order valence-electron chi connectivity index (χ3n) is 1.52. The van der Waals surface area contributed by atoms with E-state index in [0.29, 0.717) is 11.1 Å². The lowest BCUT2D eigenvalue weighted by molar-refractivity contribution is 0.471. The number of halogens is 1. The van der Waals surface area contributed by atoms with Crippen LogP contribution in [-0.2, 0) is 0 Å².